The predicted octanol–water partition coefficient (Wildman–Crippen LogP) is 4.25. The molecule has 0 amide bonds. The molecule has 0 radical (unpaired) electrons. The monoisotopic (exact) mass is 495 g/mol. The number of anilines is 2. The molecule has 0 aliphatic carbocycles. The molecule has 0 atom stereocenters. The number of benzene rings is 2. The minimum absolute atomic E-state index is 0.230. The molecule has 0 saturated carbocycles. The molecule has 2 aromatic carbocycles. The summed E-state index contributed by atoms with van der Waals surface area (Å²) in [7, 11) is 1.67. The van der Waals surface area contributed by atoms with E-state index in [2.05, 4.69) is 35.9 Å². The maximum Gasteiger partial charge on any atom is 0.225 e. The number of halogens is 1. The molecule has 4 heterocycles. The molecule has 0 bridgehead atoms. The first-order valence-corrected chi connectivity index (χ1v) is 12.2. The van der Waals surface area contributed by atoms with E-state index in [0.29, 0.717) is 6.42 Å². The Hall–Kier alpha value is -4.53. The van der Waals surface area contributed by atoms with Crippen LogP contribution in [-0.2, 0) is 6.42 Å². The Kier molecular flexibility index (Phi) is 6.10. The van der Waals surface area contributed by atoms with Crippen molar-refractivity contribution in [2.75, 3.05) is 43.1 Å². The van der Waals surface area contributed by atoms with Crippen molar-refractivity contribution in [3.05, 3.63) is 96.5 Å². The highest BCUT2D eigenvalue weighted by Crippen LogP contribution is 2.28. The quantitative estimate of drug-likeness (QED) is 0.349. The van der Waals surface area contributed by atoms with Gasteiger partial charge in [-0.05, 0) is 47.0 Å². The molecule has 3 aromatic heterocycles. The lowest BCUT2D eigenvalue weighted by atomic mass is 10.1. The summed E-state index contributed by atoms with van der Waals surface area (Å²) in [5.41, 5.74) is 5.18. The highest BCUT2D eigenvalue weighted by atomic mass is 19.1. The maximum atomic E-state index is 13.1. The van der Waals surface area contributed by atoms with E-state index in [1.165, 1.54) is 12.1 Å². The molecule has 1 aliphatic rings. The molecular formula is C28H26FN7O. The topological polar surface area (TPSA) is 71.7 Å². The fourth-order valence-electron chi connectivity index (χ4n) is 4.66. The Morgan fingerprint density at radius 1 is 0.811 bits per heavy atom. The molecular weight excluding hydrogens is 469 g/mol. The molecule has 0 spiro atoms. The van der Waals surface area contributed by atoms with Crippen molar-refractivity contribution < 1.29 is 9.13 Å². The summed E-state index contributed by atoms with van der Waals surface area (Å²) in [5, 5.41) is 4.43. The van der Waals surface area contributed by atoms with E-state index < -0.39 is 0 Å². The van der Waals surface area contributed by atoms with Crippen molar-refractivity contribution >= 4 is 17.3 Å². The van der Waals surface area contributed by atoms with Crippen LogP contribution in [0.25, 0.3) is 16.6 Å². The number of nitrogens with zero attached hydrogens (tertiary/aromatic N) is 7. The minimum atomic E-state index is -0.230. The van der Waals surface area contributed by atoms with Crippen LogP contribution in [0, 0.1) is 5.82 Å². The zero-order valence-electron chi connectivity index (χ0n) is 20.5. The third-order valence-electron chi connectivity index (χ3n) is 6.68. The Balaban J connectivity index is 1.13. The van der Waals surface area contributed by atoms with E-state index in [0.717, 1.165) is 71.5 Å². The number of hydrogen-bond acceptors (Lipinski definition) is 7. The molecule has 37 heavy (non-hydrogen) atoms. The summed E-state index contributed by atoms with van der Waals surface area (Å²) in [5.74, 6) is 2.24. The van der Waals surface area contributed by atoms with Gasteiger partial charge in [0.05, 0.1) is 7.11 Å². The van der Waals surface area contributed by atoms with Gasteiger partial charge in [0.2, 0.25) is 5.95 Å². The summed E-state index contributed by atoms with van der Waals surface area (Å²) in [6.45, 7) is 3.19. The van der Waals surface area contributed by atoms with E-state index in [9.17, 15) is 4.39 Å². The highest BCUT2D eigenvalue weighted by Gasteiger charge is 2.22. The van der Waals surface area contributed by atoms with Gasteiger partial charge in [-0.15, -0.1) is 0 Å². The molecule has 1 aliphatic heterocycles. The van der Waals surface area contributed by atoms with Crippen molar-refractivity contribution in [1.82, 2.24) is 24.6 Å². The summed E-state index contributed by atoms with van der Waals surface area (Å²) in [4.78, 5) is 18.3. The van der Waals surface area contributed by atoms with Crippen molar-refractivity contribution in [2.24, 2.45) is 0 Å². The second-order valence-corrected chi connectivity index (χ2v) is 9.04. The molecule has 5 aromatic rings. The van der Waals surface area contributed by atoms with Crippen LogP contribution in [0.3, 0.4) is 0 Å². The summed E-state index contributed by atoms with van der Waals surface area (Å²) < 4.78 is 20.3. The van der Waals surface area contributed by atoms with Gasteiger partial charge in [-0.2, -0.15) is 5.10 Å². The molecule has 186 valence electrons. The van der Waals surface area contributed by atoms with Crippen molar-refractivity contribution in [2.45, 2.75) is 6.42 Å². The summed E-state index contributed by atoms with van der Waals surface area (Å²) in [6.07, 6.45) is 8.02. The standard InChI is InChI=1S/C28H26FN7O/c1-37-25-8-4-22(5-9-25)23-15-26-27(32-19-33-36(26)18-23)34-10-12-35(13-11-34)28-30-16-21(17-31-28)14-20-2-6-24(29)7-3-20/h2-9,15-19H,10-14H2,1H3. The second kappa shape index (κ2) is 9.85. The van der Waals surface area contributed by atoms with Gasteiger partial charge in [0.25, 0.3) is 0 Å². The van der Waals surface area contributed by atoms with Gasteiger partial charge in [-0.3, -0.25) is 0 Å². The van der Waals surface area contributed by atoms with Crippen LogP contribution in [0.2, 0.25) is 0 Å². The Labute approximate surface area is 214 Å². The lowest BCUT2D eigenvalue weighted by molar-refractivity contribution is 0.415. The minimum Gasteiger partial charge on any atom is -0.497 e. The molecule has 0 N–H and O–H groups in total. The predicted molar refractivity (Wildman–Crippen MR) is 141 cm³/mol. The molecule has 1 saturated heterocycles. The average molecular weight is 496 g/mol. The lowest BCUT2D eigenvalue weighted by Gasteiger charge is -2.35. The van der Waals surface area contributed by atoms with E-state index in [4.69, 9.17) is 4.74 Å². The molecule has 6 rings (SSSR count). The SMILES string of the molecule is COc1ccc(-c2cc3c(N4CCN(c5ncc(Cc6ccc(F)cc6)cn5)CC4)ncnn3c2)cc1. The van der Waals surface area contributed by atoms with Crippen LogP contribution in [0.15, 0.2) is 79.5 Å². The van der Waals surface area contributed by atoms with Crippen LogP contribution in [0.1, 0.15) is 11.1 Å². The molecule has 9 heteroatoms. The first-order valence-electron chi connectivity index (χ1n) is 12.2. The van der Waals surface area contributed by atoms with Crippen LogP contribution >= 0.6 is 0 Å². The van der Waals surface area contributed by atoms with Crippen molar-refractivity contribution in [3.63, 3.8) is 0 Å². The van der Waals surface area contributed by atoms with Gasteiger partial charge >= 0.3 is 0 Å². The van der Waals surface area contributed by atoms with Gasteiger partial charge in [-0.25, -0.2) is 23.9 Å². The van der Waals surface area contributed by atoms with Gasteiger partial charge in [0.15, 0.2) is 5.82 Å². The molecule has 0 unspecified atom stereocenters. The Bertz CT molecular complexity index is 1490. The second-order valence-electron chi connectivity index (χ2n) is 9.04. The van der Waals surface area contributed by atoms with Crippen LogP contribution < -0.4 is 14.5 Å². The van der Waals surface area contributed by atoms with Gasteiger partial charge in [-0.1, -0.05) is 24.3 Å². The van der Waals surface area contributed by atoms with E-state index in [1.54, 1.807) is 25.6 Å². The number of hydrogen-bond donors (Lipinski definition) is 0. The van der Waals surface area contributed by atoms with Crippen LogP contribution in [-0.4, -0.2) is 57.9 Å². The smallest absolute Gasteiger partial charge is 0.225 e. The maximum absolute atomic E-state index is 13.1. The Morgan fingerprint density at radius 3 is 2.22 bits per heavy atom. The number of aromatic nitrogens is 5. The number of rotatable bonds is 6. The van der Waals surface area contributed by atoms with Crippen molar-refractivity contribution in [3.8, 4) is 16.9 Å². The van der Waals surface area contributed by atoms with Crippen LogP contribution in [0.5, 0.6) is 5.75 Å². The zero-order chi connectivity index (χ0) is 25.2. The third kappa shape index (κ3) is 4.80. The van der Waals surface area contributed by atoms with Crippen molar-refractivity contribution in [1.29, 1.82) is 0 Å². The lowest BCUT2D eigenvalue weighted by Crippen LogP contribution is -2.47. The van der Waals surface area contributed by atoms with Gasteiger partial charge < -0.3 is 14.5 Å². The van der Waals surface area contributed by atoms with Gasteiger partial charge in [0.1, 0.15) is 23.4 Å². The Morgan fingerprint density at radius 2 is 1.51 bits per heavy atom. The van der Waals surface area contributed by atoms with E-state index in [1.807, 2.05) is 47.4 Å². The number of piperazine rings is 1. The van der Waals surface area contributed by atoms with Crippen LogP contribution in [0.4, 0.5) is 16.2 Å². The highest BCUT2D eigenvalue weighted by molar-refractivity contribution is 5.78. The first kappa shape index (κ1) is 22.9. The summed E-state index contributed by atoms with van der Waals surface area (Å²) >= 11 is 0. The molecule has 8 nitrogen and oxygen atoms in total. The fourth-order valence-corrected chi connectivity index (χ4v) is 4.66. The number of fused-ring (bicyclic) bond motifs is 1. The number of ether oxygens (including phenoxy) is 1. The van der Waals surface area contributed by atoms with E-state index in [-0.39, 0.29) is 5.82 Å². The average Bonchev–Trinajstić information content (AvgIpc) is 3.40. The largest absolute Gasteiger partial charge is 0.497 e. The fraction of sp³-hybridized carbons (Fsp3) is 0.214. The molecule has 1 fully saturated rings. The number of methoxy groups -OCH3 is 1. The summed E-state index contributed by atoms with van der Waals surface area (Å²) in [6, 6.07) is 16.7. The third-order valence-corrected chi connectivity index (χ3v) is 6.68. The zero-order valence-corrected chi connectivity index (χ0v) is 20.5. The normalized spacial score (nSPS) is 13.8. The van der Waals surface area contributed by atoms with E-state index >= 15 is 0 Å². The first-order chi connectivity index (χ1) is 18.2. The van der Waals surface area contributed by atoms with Gasteiger partial charge in [0, 0.05) is 56.8 Å².